The van der Waals surface area contributed by atoms with E-state index in [-0.39, 0.29) is 29.2 Å². The van der Waals surface area contributed by atoms with Crippen LogP contribution in [0.4, 0.5) is 11.5 Å². The fraction of sp³-hybridized carbons (Fsp3) is 0.474. The summed E-state index contributed by atoms with van der Waals surface area (Å²) in [6, 6.07) is 4.17. The van der Waals surface area contributed by atoms with E-state index >= 15 is 0 Å². The molecule has 1 aromatic heterocycles. The minimum absolute atomic E-state index is 0.148. The molecule has 0 aliphatic heterocycles. The van der Waals surface area contributed by atoms with Crippen LogP contribution in [0.5, 0.6) is 11.5 Å². The number of amides is 1. The van der Waals surface area contributed by atoms with E-state index < -0.39 is 16.5 Å². The Morgan fingerprint density at radius 2 is 1.90 bits per heavy atom. The number of carbonyl (C=O) groups is 1. The number of ether oxygens (including phenoxy) is 3. The van der Waals surface area contributed by atoms with Crippen LogP contribution in [0.3, 0.4) is 0 Å². The van der Waals surface area contributed by atoms with Gasteiger partial charge in [0, 0.05) is 19.2 Å². The van der Waals surface area contributed by atoms with E-state index in [0.29, 0.717) is 18.1 Å². The first-order valence-electron chi connectivity index (χ1n) is 8.95. The molecule has 2 rings (SSSR count). The van der Waals surface area contributed by atoms with Crippen molar-refractivity contribution in [1.82, 2.24) is 9.78 Å². The van der Waals surface area contributed by atoms with Gasteiger partial charge in [-0.2, -0.15) is 5.10 Å². The zero-order valence-electron chi connectivity index (χ0n) is 17.4. The number of aromatic nitrogens is 2. The van der Waals surface area contributed by atoms with Crippen LogP contribution in [0.2, 0.25) is 0 Å². The van der Waals surface area contributed by atoms with Gasteiger partial charge in [0.15, 0.2) is 11.5 Å². The Labute approximate surface area is 168 Å². The number of nitro groups is 1. The molecule has 10 nitrogen and oxygen atoms in total. The monoisotopic (exact) mass is 406 g/mol. The molecule has 0 radical (unpaired) electrons. The van der Waals surface area contributed by atoms with Gasteiger partial charge in [0.25, 0.3) is 11.6 Å². The number of hydrogen-bond donors (Lipinski definition) is 1. The summed E-state index contributed by atoms with van der Waals surface area (Å²) in [5.41, 5.74) is -0.219. The van der Waals surface area contributed by atoms with E-state index in [9.17, 15) is 14.9 Å². The summed E-state index contributed by atoms with van der Waals surface area (Å²) in [6.07, 6.45) is 0. The Morgan fingerprint density at radius 3 is 2.45 bits per heavy atom. The Balaban J connectivity index is 2.43. The van der Waals surface area contributed by atoms with Crippen LogP contribution < -0.4 is 14.8 Å². The van der Waals surface area contributed by atoms with Crippen LogP contribution in [0.1, 0.15) is 36.8 Å². The minimum atomic E-state index is -0.649. The number of rotatable bonds is 8. The summed E-state index contributed by atoms with van der Waals surface area (Å²) in [6.45, 7) is 8.09. The average Bonchev–Trinajstić information content (AvgIpc) is 3.01. The number of hydrogen-bond acceptors (Lipinski definition) is 7. The van der Waals surface area contributed by atoms with Crippen LogP contribution in [0.15, 0.2) is 18.2 Å². The minimum Gasteiger partial charge on any atom is -0.493 e. The molecule has 1 heterocycles. The quantitative estimate of drug-likeness (QED) is 0.406. The number of nitrogens with one attached hydrogen (secondary N) is 1. The summed E-state index contributed by atoms with van der Waals surface area (Å²) >= 11 is 0. The molecular weight excluding hydrogens is 380 g/mol. The molecular formula is C19H26N4O6. The number of methoxy groups -OCH3 is 2. The van der Waals surface area contributed by atoms with Gasteiger partial charge in [-0.15, -0.1) is 0 Å². The van der Waals surface area contributed by atoms with E-state index in [1.165, 1.54) is 26.4 Å². The van der Waals surface area contributed by atoms with Crippen LogP contribution in [0.25, 0.3) is 0 Å². The molecule has 0 saturated heterocycles. The van der Waals surface area contributed by atoms with Crippen molar-refractivity contribution >= 4 is 17.4 Å². The highest BCUT2D eigenvalue weighted by Crippen LogP contribution is 2.35. The highest BCUT2D eigenvalue weighted by molar-refractivity contribution is 6.07. The largest absolute Gasteiger partial charge is 0.493 e. The van der Waals surface area contributed by atoms with Crippen molar-refractivity contribution in [3.05, 3.63) is 39.6 Å². The lowest BCUT2D eigenvalue weighted by Gasteiger charge is -2.22. The van der Waals surface area contributed by atoms with Crippen LogP contribution in [0, 0.1) is 17.0 Å². The highest BCUT2D eigenvalue weighted by atomic mass is 16.6. The van der Waals surface area contributed by atoms with Crippen molar-refractivity contribution in [2.24, 2.45) is 0 Å². The average molecular weight is 406 g/mol. The lowest BCUT2D eigenvalue weighted by atomic mass is 10.1. The predicted molar refractivity (Wildman–Crippen MR) is 107 cm³/mol. The van der Waals surface area contributed by atoms with Gasteiger partial charge in [-0.05, 0) is 27.7 Å². The normalized spacial score (nSPS) is 11.2. The maximum atomic E-state index is 12.9. The van der Waals surface area contributed by atoms with E-state index in [4.69, 9.17) is 14.2 Å². The van der Waals surface area contributed by atoms with Crippen LogP contribution >= 0.6 is 0 Å². The van der Waals surface area contributed by atoms with E-state index in [1.807, 2.05) is 20.8 Å². The van der Waals surface area contributed by atoms with Crippen LogP contribution in [-0.2, 0) is 10.3 Å². The van der Waals surface area contributed by atoms with Gasteiger partial charge in [-0.3, -0.25) is 14.9 Å². The van der Waals surface area contributed by atoms with Gasteiger partial charge in [-0.25, -0.2) is 4.68 Å². The van der Waals surface area contributed by atoms with E-state index in [1.54, 1.807) is 17.7 Å². The van der Waals surface area contributed by atoms with Gasteiger partial charge >= 0.3 is 0 Å². The molecule has 1 N–H and O–H groups in total. The van der Waals surface area contributed by atoms with Crippen molar-refractivity contribution in [1.29, 1.82) is 0 Å². The molecule has 0 bridgehead atoms. The summed E-state index contributed by atoms with van der Waals surface area (Å²) in [5, 5.41) is 18.7. The topological polar surface area (TPSA) is 118 Å². The van der Waals surface area contributed by atoms with Gasteiger partial charge in [0.05, 0.1) is 35.9 Å². The van der Waals surface area contributed by atoms with Gasteiger partial charge < -0.3 is 19.5 Å². The van der Waals surface area contributed by atoms with E-state index in [0.717, 1.165) is 0 Å². The lowest BCUT2D eigenvalue weighted by molar-refractivity contribution is -0.385. The number of carbonyl (C=O) groups excluding carboxylic acids is 1. The van der Waals surface area contributed by atoms with Crippen molar-refractivity contribution in [2.75, 3.05) is 32.8 Å². The lowest BCUT2D eigenvalue weighted by Crippen LogP contribution is -2.27. The molecule has 158 valence electrons. The third-order valence-electron chi connectivity index (χ3n) is 3.98. The Morgan fingerprint density at radius 1 is 1.21 bits per heavy atom. The molecule has 29 heavy (non-hydrogen) atoms. The molecule has 1 aromatic carbocycles. The second kappa shape index (κ2) is 8.91. The predicted octanol–water partition coefficient (Wildman–Crippen LogP) is 3.14. The third kappa shape index (κ3) is 5.23. The second-order valence-corrected chi connectivity index (χ2v) is 7.33. The van der Waals surface area contributed by atoms with Crippen LogP contribution in [-0.4, -0.2) is 48.0 Å². The summed E-state index contributed by atoms with van der Waals surface area (Å²) in [4.78, 5) is 23.8. The smallest absolute Gasteiger partial charge is 0.286 e. The first-order valence-corrected chi connectivity index (χ1v) is 8.95. The molecule has 0 atom stereocenters. The summed E-state index contributed by atoms with van der Waals surface area (Å²) in [5.74, 6) is 0.151. The van der Waals surface area contributed by atoms with Gasteiger partial charge in [0.1, 0.15) is 18.0 Å². The Hall–Kier alpha value is -3.14. The second-order valence-electron chi connectivity index (χ2n) is 7.33. The van der Waals surface area contributed by atoms with Crippen molar-refractivity contribution in [3.8, 4) is 11.5 Å². The number of nitro benzene ring substituents is 1. The molecule has 2 aromatic rings. The number of nitrogens with zero attached hydrogens (tertiary/aromatic N) is 3. The van der Waals surface area contributed by atoms with Gasteiger partial charge in [0.2, 0.25) is 0 Å². The molecule has 0 aliphatic rings. The zero-order chi connectivity index (χ0) is 21.8. The molecule has 0 unspecified atom stereocenters. The molecule has 1 amide bonds. The van der Waals surface area contributed by atoms with E-state index in [2.05, 4.69) is 10.4 Å². The Kier molecular flexibility index (Phi) is 6.80. The number of aryl methyl sites for hydroxylation is 1. The number of anilines is 1. The van der Waals surface area contributed by atoms with Crippen molar-refractivity contribution < 1.29 is 23.9 Å². The third-order valence-corrected chi connectivity index (χ3v) is 3.98. The standard InChI is InChI=1S/C19H26N4O6/c1-12-9-17(22(21-12)19(2,3)4)20-18(24)13-10-15(28-6)16(29-8-7-27-5)11-14(13)23(25)26/h9-11H,7-8H2,1-6H3,(H,20,24). The number of benzene rings is 1. The summed E-state index contributed by atoms with van der Waals surface area (Å²) < 4.78 is 17.3. The molecule has 0 fully saturated rings. The maximum absolute atomic E-state index is 12.9. The first-order chi connectivity index (χ1) is 13.6. The zero-order valence-corrected chi connectivity index (χ0v) is 17.4. The Bertz CT molecular complexity index is 901. The fourth-order valence-corrected chi connectivity index (χ4v) is 2.67. The summed E-state index contributed by atoms with van der Waals surface area (Å²) in [7, 11) is 2.91. The fourth-order valence-electron chi connectivity index (χ4n) is 2.67. The molecule has 10 heteroatoms. The SMILES string of the molecule is COCCOc1cc([N+](=O)[O-])c(C(=O)Nc2cc(C)nn2C(C)(C)C)cc1OC. The van der Waals surface area contributed by atoms with Crippen molar-refractivity contribution in [3.63, 3.8) is 0 Å². The molecule has 0 aliphatic carbocycles. The molecule has 0 spiro atoms. The molecule has 0 saturated carbocycles. The van der Waals surface area contributed by atoms with Crippen molar-refractivity contribution in [2.45, 2.75) is 33.2 Å². The maximum Gasteiger partial charge on any atom is 0.286 e. The highest BCUT2D eigenvalue weighted by Gasteiger charge is 2.27. The van der Waals surface area contributed by atoms with Gasteiger partial charge in [-0.1, -0.05) is 0 Å². The first kappa shape index (κ1) is 22.2.